The monoisotopic (exact) mass is 499 g/mol. The van der Waals surface area contributed by atoms with Crippen molar-refractivity contribution in [2.45, 2.75) is 31.8 Å². The van der Waals surface area contributed by atoms with E-state index < -0.39 is 5.41 Å². The Morgan fingerprint density at radius 2 is 1.78 bits per heavy atom. The lowest BCUT2D eigenvalue weighted by molar-refractivity contribution is -0.131. The van der Waals surface area contributed by atoms with E-state index in [-0.39, 0.29) is 29.8 Å². The van der Waals surface area contributed by atoms with Gasteiger partial charge in [-0.3, -0.25) is 14.4 Å². The summed E-state index contributed by atoms with van der Waals surface area (Å²) in [7, 11) is 0. The number of hydrogen-bond donors (Lipinski definition) is 4. The first-order valence-corrected chi connectivity index (χ1v) is 12.1. The van der Waals surface area contributed by atoms with Crippen molar-refractivity contribution < 1.29 is 19.1 Å². The zero-order valence-electron chi connectivity index (χ0n) is 19.8. The van der Waals surface area contributed by atoms with Crippen molar-refractivity contribution in [3.05, 3.63) is 72.8 Å². The van der Waals surface area contributed by atoms with Crippen molar-refractivity contribution in [2.75, 3.05) is 10.6 Å². The number of hydrogen-bond acceptors (Lipinski definition) is 8. The Morgan fingerprint density at radius 1 is 1.00 bits per heavy atom. The molecule has 0 bridgehead atoms. The van der Waals surface area contributed by atoms with Crippen molar-refractivity contribution in [2.24, 2.45) is 16.4 Å². The molecule has 0 radical (unpaired) electrons. The van der Waals surface area contributed by atoms with Crippen LogP contribution in [0.4, 0.5) is 11.5 Å². The first kappa shape index (κ1) is 22.8. The molecule has 2 saturated carbocycles. The van der Waals surface area contributed by atoms with Crippen LogP contribution in [0.15, 0.2) is 77.9 Å². The SMILES string of the molecule is O=C(NC1=CN2N=C(Oc3ccc(NC(=O)C4(C(=O)Nc5ccccc5)CC4)nc3)C=CC2N1)C1CC1. The molecule has 37 heavy (non-hydrogen) atoms. The standard InChI is InChI=1S/C26H25N7O4/c34-23(16-6-7-16)30-20-15-33-21(29-20)10-11-22(32-33)37-18-8-9-19(27-14-18)31-25(36)26(12-13-26)24(35)28-17-4-2-1-3-5-17/h1-5,8-11,14-16,21,29H,6-7,12-13H2,(H,28,35)(H,30,34)(H,27,31,36). The van der Waals surface area contributed by atoms with E-state index in [1.807, 2.05) is 24.3 Å². The van der Waals surface area contributed by atoms with Gasteiger partial charge >= 0.3 is 0 Å². The highest BCUT2D eigenvalue weighted by atomic mass is 16.5. The molecule has 4 N–H and O–H groups in total. The molecule has 11 heteroatoms. The second-order valence-corrected chi connectivity index (χ2v) is 9.41. The number of amides is 3. The highest BCUT2D eigenvalue weighted by Crippen LogP contribution is 2.47. The lowest BCUT2D eigenvalue weighted by Gasteiger charge is -2.21. The average molecular weight is 500 g/mol. The highest BCUT2D eigenvalue weighted by Gasteiger charge is 2.56. The van der Waals surface area contributed by atoms with Gasteiger partial charge in [0.25, 0.3) is 0 Å². The molecular formula is C26H25N7O4. The van der Waals surface area contributed by atoms with E-state index in [1.54, 1.807) is 41.6 Å². The zero-order valence-corrected chi connectivity index (χ0v) is 19.8. The molecule has 1 aromatic carbocycles. The Balaban J connectivity index is 1.04. The summed E-state index contributed by atoms with van der Waals surface area (Å²) in [5.74, 6) is 1.12. The zero-order chi connectivity index (χ0) is 25.4. The van der Waals surface area contributed by atoms with Crippen LogP contribution in [0.3, 0.4) is 0 Å². The third kappa shape index (κ3) is 4.88. The third-order valence-corrected chi connectivity index (χ3v) is 6.54. The molecule has 2 fully saturated rings. The second kappa shape index (κ2) is 9.08. The number of benzene rings is 1. The fraction of sp³-hybridized carbons (Fsp3) is 0.269. The van der Waals surface area contributed by atoms with E-state index in [0.717, 1.165) is 12.8 Å². The van der Waals surface area contributed by atoms with Crippen LogP contribution in [-0.4, -0.2) is 39.8 Å². The Bertz CT molecular complexity index is 1330. The molecule has 2 aliphatic carbocycles. The van der Waals surface area contributed by atoms with E-state index in [2.05, 4.69) is 31.4 Å². The van der Waals surface area contributed by atoms with Crippen molar-refractivity contribution >= 4 is 35.1 Å². The minimum absolute atomic E-state index is 0.0192. The number of pyridine rings is 1. The number of carbonyl (C=O) groups is 3. The van der Waals surface area contributed by atoms with Crippen LogP contribution in [0.1, 0.15) is 25.7 Å². The maximum Gasteiger partial charge on any atom is 0.241 e. The summed E-state index contributed by atoms with van der Waals surface area (Å²) in [6.07, 6.45) is 9.42. The van der Waals surface area contributed by atoms with Gasteiger partial charge in [-0.1, -0.05) is 18.2 Å². The average Bonchev–Trinajstić information content (AvgIpc) is 3.82. The molecule has 6 rings (SSSR count). The Hall–Kier alpha value is -4.67. The van der Waals surface area contributed by atoms with Crippen molar-refractivity contribution in [3.8, 4) is 5.75 Å². The van der Waals surface area contributed by atoms with E-state index in [0.29, 0.717) is 41.8 Å². The van der Waals surface area contributed by atoms with Gasteiger partial charge in [-0.15, -0.1) is 5.10 Å². The molecule has 0 spiro atoms. The number of nitrogens with one attached hydrogen (secondary N) is 4. The van der Waals surface area contributed by atoms with Crippen molar-refractivity contribution in [3.63, 3.8) is 0 Å². The minimum Gasteiger partial charge on any atom is -0.436 e. The number of rotatable bonds is 7. The number of nitrogens with zero attached hydrogens (tertiary/aromatic N) is 3. The van der Waals surface area contributed by atoms with Gasteiger partial charge in [0.15, 0.2) is 0 Å². The van der Waals surface area contributed by atoms with Gasteiger partial charge in [-0.25, -0.2) is 9.99 Å². The van der Waals surface area contributed by atoms with Gasteiger partial charge in [0.2, 0.25) is 23.6 Å². The molecule has 1 unspecified atom stereocenters. The largest absolute Gasteiger partial charge is 0.436 e. The van der Waals surface area contributed by atoms with Gasteiger partial charge in [-0.2, -0.15) is 0 Å². The fourth-order valence-electron chi connectivity index (χ4n) is 4.05. The van der Waals surface area contributed by atoms with Crippen LogP contribution < -0.4 is 26.0 Å². The molecule has 3 heterocycles. The number of hydrazone groups is 1. The maximum atomic E-state index is 12.9. The quantitative estimate of drug-likeness (QED) is 0.429. The van der Waals surface area contributed by atoms with Gasteiger partial charge in [0.05, 0.1) is 12.4 Å². The predicted molar refractivity (Wildman–Crippen MR) is 135 cm³/mol. The highest BCUT2D eigenvalue weighted by molar-refractivity contribution is 6.16. The number of aromatic nitrogens is 1. The molecule has 1 atom stereocenters. The molecule has 1 aromatic heterocycles. The van der Waals surface area contributed by atoms with E-state index in [4.69, 9.17) is 4.74 Å². The van der Waals surface area contributed by atoms with E-state index >= 15 is 0 Å². The first-order chi connectivity index (χ1) is 18.0. The molecular weight excluding hydrogens is 474 g/mol. The molecule has 11 nitrogen and oxygen atoms in total. The molecule has 2 aliphatic heterocycles. The summed E-state index contributed by atoms with van der Waals surface area (Å²) in [5.41, 5.74) is -0.435. The second-order valence-electron chi connectivity index (χ2n) is 9.41. The Labute approximate surface area is 212 Å². The van der Waals surface area contributed by atoms with Gasteiger partial charge < -0.3 is 26.0 Å². The summed E-state index contributed by atoms with van der Waals surface area (Å²) in [5, 5.41) is 17.7. The minimum atomic E-state index is -1.08. The summed E-state index contributed by atoms with van der Waals surface area (Å²) in [6.45, 7) is 0. The lowest BCUT2D eigenvalue weighted by Crippen LogP contribution is -2.38. The molecule has 3 amide bonds. The van der Waals surface area contributed by atoms with Crippen LogP contribution in [0, 0.1) is 11.3 Å². The van der Waals surface area contributed by atoms with E-state index in [1.165, 1.54) is 6.20 Å². The lowest BCUT2D eigenvalue weighted by atomic mass is 10.1. The van der Waals surface area contributed by atoms with Gasteiger partial charge in [0, 0.05) is 17.7 Å². The number of carbonyl (C=O) groups excluding carboxylic acids is 3. The van der Waals surface area contributed by atoms with Crippen LogP contribution in [0.2, 0.25) is 0 Å². The maximum absolute atomic E-state index is 12.9. The van der Waals surface area contributed by atoms with Crippen molar-refractivity contribution in [1.82, 2.24) is 20.6 Å². The van der Waals surface area contributed by atoms with Crippen LogP contribution in [0.5, 0.6) is 5.75 Å². The summed E-state index contributed by atoms with van der Waals surface area (Å²) in [6, 6.07) is 12.3. The topological polar surface area (TPSA) is 137 Å². The third-order valence-electron chi connectivity index (χ3n) is 6.54. The normalized spacial score (nSPS) is 20.5. The summed E-state index contributed by atoms with van der Waals surface area (Å²) < 4.78 is 5.81. The number of fused-ring (bicyclic) bond motifs is 1. The summed E-state index contributed by atoms with van der Waals surface area (Å²) >= 11 is 0. The fourth-order valence-corrected chi connectivity index (χ4v) is 4.05. The molecule has 4 aliphatic rings. The predicted octanol–water partition coefficient (Wildman–Crippen LogP) is 2.26. The first-order valence-electron chi connectivity index (χ1n) is 12.1. The molecule has 2 aromatic rings. The van der Waals surface area contributed by atoms with Gasteiger partial charge in [0.1, 0.15) is 29.0 Å². The van der Waals surface area contributed by atoms with E-state index in [9.17, 15) is 14.4 Å². The number of para-hydroxylation sites is 1. The molecule has 188 valence electrons. The van der Waals surface area contributed by atoms with Crippen LogP contribution in [0.25, 0.3) is 0 Å². The number of anilines is 2. The van der Waals surface area contributed by atoms with Crippen LogP contribution in [-0.2, 0) is 14.4 Å². The van der Waals surface area contributed by atoms with Crippen LogP contribution >= 0.6 is 0 Å². The Morgan fingerprint density at radius 3 is 2.49 bits per heavy atom. The smallest absolute Gasteiger partial charge is 0.241 e. The van der Waals surface area contributed by atoms with Crippen molar-refractivity contribution in [1.29, 1.82) is 0 Å². The summed E-state index contributed by atoms with van der Waals surface area (Å²) in [4.78, 5) is 41.8. The number of ether oxygens (including phenoxy) is 1. The van der Waals surface area contributed by atoms with Gasteiger partial charge in [-0.05, 0) is 56.0 Å². The molecule has 0 saturated heterocycles. The Kier molecular flexibility index (Phi) is 5.59.